The summed E-state index contributed by atoms with van der Waals surface area (Å²) in [7, 11) is 3.24. The first-order valence-electron chi connectivity index (χ1n) is 5.73. The Labute approximate surface area is 111 Å². The Kier molecular flexibility index (Phi) is 5.81. The van der Waals surface area contributed by atoms with Gasteiger partial charge in [-0.2, -0.15) is 0 Å². The average Bonchev–Trinajstić information content (AvgIpc) is 2.42. The molecule has 0 saturated carbocycles. The van der Waals surface area contributed by atoms with Gasteiger partial charge in [-0.1, -0.05) is 6.07 Å². The van der Waals surface area contributed by atoms with Crippen LogP contribution in [0.15, 0.2) is 24.3 Å². The Balaban J connectivity index is 2.69. The lowest BCUT2D eigenvalue weighted by atomic mass is 10.2. The predicted molar refractivity (Wildman–Crippen MR) is 68.4 cm³/mol. The number of amides is 1. The fourth-order valence-electron chi connectivity index (χ4n) is 1.41. The average molecular weight is 267 g/mol. The largest absolute Gasteiger partial charge is 0.482 e. The highest BCUT2D eigenvalue weighted by Gasteiger charge is 2.12. The molecule has 0 aromatic heterocycles. The molecule has 1 N–H and O–H groups in total. The van der Waals surface area contributed by atoms with E-state index in [-0.39, 0.29) is 5.91 Å². The van der Waals surface area contributed by atoms with Gasteiger partial charge in [0.15, 0.2) is 6.61 Å². The van der Waals surface area contributed by atoms with Gasteiger partial charge in [0.05, 0.1) is 6.61 Å². The van der Waals surface area contributed by atoms with Crippen molar-refractivity contribution in [2.45, 2.75) is 0 Å². The van der Waals surface area contributed by atoms with Crippen LogP contribution in [0, 0.1) is 0 Å². The van der Waals surface area contributed by atoms with E-state index in [9.17, 15) is 9.59 Å². The number of ether oxygens (including phenoxy) is 2. The van der Waals surface area contributed by atoms with E-state index < -0.39 is 12.6 Å². The third-order valence-corrected chi connectivity index (χ3v) is 2.42. The molecule has 1 aromatic carbocycles. The van der Waals surface area contributed by atoms with E-state index in [1.165, 1.54) is 11.0 Å². The first-order chi connectivity index (χ1) is 9.04. The summed E-state index contributed by atoms with van der Waals surface area (Å²) in [5, 5.41) is 8.52. The molecule has 0 aliphatic heterocycles. The van der Waals surface area contributed by atoms with Gasteiger partial charge < -0.3 is 19.5 Å². The lowest BCUT2D eigenvalue weighted by molar-refractivity contribution is -0.139. The lowest BCUT2D eigenvalue weighted by Crippen LogP contribution is -2.29. The van der Waals surface area contributed by atoms with Crippen molar-refractivity contribution >= 4 is 11.9 Å². The van der Waals surface area contributed by atoms with Crippen molar-refractivity contribution in [3.63, 3.8) is 0 Å². The fourth-order valence-corrected chi connectivity index (χ4v) is 1.41. The lowest BCUT2D eigenvalue weighted by Gasteiger charge is -2.17. The van der Waals surface area contributed by atoms with Gasteiger partial charge in [-0.15, -0.1) is 0 Å². The standard InChI is InChI=1S/C13H17NO5/c1-14(6-7-18-2)13(17)10-4-3-5-11(8-10)19-9-12(15)16/h3-5,8H,6-7,9H2,1-2H3,(H,15,16). The zero-order valence-electron chi connectivity index (χ0n) is 11.0. The third kappa shape index (κ3) is 4.97. The second-order valence-electron chi connectivity index (χ2n) is 3.93. The zero-order chi connectivity index (χ0) is 14.3. The quantitative estimate of drug-likeness (QED) is 0.793. The molecule has 0 saturated heterocycles. The number of nitrogens with zero attached hydrogens (tertiary/aromatic N) is 1. The second kappa shape index (κ2) is 7.38. The molecule has 0 aliphatic rings. The molecule has 0 radical (unpaired) electrons. The van der Waals surface area contributed by atoms with Crippen LogP contribution in [0.3, 0.4) is 0 Å². The monoisotopic (exact) mass is 267 g/mol. The number of carboxylic acid groups (broad SMARTS) is 1. The van der Waals surface area contributed by atoms with Crippen LogP contribution in [-0.2, 0) is 9.53 Å². The molecule has 6 heteroatoms. The SMILES string of the molecule is COCCN(C)C(=O)c1cccc(OCC(=O)O)c1. The van der Waals surface area contributed by atoms with Crippen LogP contribution in [0.4, 0.5) is 0 Å². The maximum Gasteiger partial charge on any atom is 0.341 e. The van der Waals surface area contributed by atoms with Crippen molar-refractivity contribution in [1.29, 1.82) is 0 Å². The molecule has 0 atom stereocenters. The van der Waals surface area contributed by atoms with Gasteiger partial charge in [0.2, 0.25) is 0 Å². The molecule has 0 fully saturated rings. The Morgan fingerprint density at radius 1 is 1.37 bits per heavy atom. The molecule has 0 spiro atoms. The molecule has 1 rings (SSSR count). The Morgan fingerprint density at radius 2 is 2.11 bits per heavy atom. The van der Waals surface area contributed by atoms with E-state index in [1.807, 2.05) is 0 Å². The van der Waals surface area contributed by atoms with E-state index in [0.717, 1.165) is 0 Å². The number of carbonyl (C=O) groups excluding carboxylic acids is 1. The summed E-state index contributed by atoms with van der Waals surface area (Å²) in [5.74, 6) is -0.875. The first kappa shape index (κ1) is 15.0. The van der Waals surface area contributed by atoms with Gasteiger partial charge in [-0.05, 0) is 18.2 Å². The number of hydrogen-bond acceptors (Lipinski definition) is 4. The molecule has 1 amide bonds. The van der Waals surface area contributed by atoms with Crippen molar-refractivity contribution in [3.05, 3.63) is 29.8 Å². The number of hydrogen-bond donors (Lipinski definition) is 1. The van der Waals surface area contributed by atoms with Crippen LogP contribution in [0.2, 0.25) is 0 Å². The third-order valence-electron chi connectivity index (χ3n) is 2.42. The molecular formula is C13H17NO5. The molecule has 0 unspecified atom stereocenters. The summed E-state index contributed by atoms with van der Waals surface area (Å²) in [5.41, 5.74) is 0.446. The maximum atomic E-state index is 12.0. The van der Waals surface area contributed by atoms with E-state index in [2.05, 4.69) is 0 Å². The molecule has 19 heavy (non-hydrogen) atoms. The maximum absolute atomic E-state index is 12.0. The second-order valence-corrected chi connectivity index (χ2v) is 3.93. The number of methoxy groups -OCH3 is 1. The van der Waals surface area contributed by atoms with Gasteiger partial charge >= 0.3 is 5.97 Å². The van der Waals surface area contributed by atoms with Crippen LogP contribution in [0.1, 0.15) is 10.4 Å². The Hall–Kier alpha value is -2.08. The summed E-state index contributed by atoms with van der Waals surface area (Å²) < 4.78 is 9.93. The summed E-state index contributed by atoms with van der Waals surface area (Å²) in [6, 6.07) is 6.43. The Morgan fingerprint density at radius 3 is 2.74 bits per heavy atom. The van der Waals surface area contributed by atoms with E-state index in [0.29, 0.717) is 24.5 Å². The minimum absolute atomic E-state index is 0.169. The van der Waals surface area contributed by atoms with E-state index in [4.69, 9.17) is 14.6 Å². The molecule has 0 aliphatic carbocycles. The highest BCUT2D eigenvalue weighted by molar-refractivity contribution is 5.94. The zero-order valence-corrected chi connectivity index (χ0v) is 11.0. The van der Waals surface area contributed by atoms with Crippen molar-refractivity contribution < 1.29 is 24.2 Å². The molecule has 1 aromatic rings. The summed E-state index contributed by atoms with van der Waals surface area (Å²) in [6.07, 6.45) is 0. The number of likely N-dealkylation sites (N-methyl/N-ethyl adjacent to an activating group) is 1. The topological polar surface area (TPSA) is 76.1 Å². The van der Waals surface area contributed by atoms with Gasteiger partial charge in [0, 0.05) is 26.3 Å². The first-order valence-corrected chi connectivity index (χ1v) is 5.73. The highest BCUT2D eigenvalue weighted by Crippen LogP contribution is 2.14. The molecule has 104 valence electrons. The van der Waals surface area contributed by atoms with Crippen molar-refractivity contribution in [2.75, 3.05) is 33.9 Å². The number of aliphatic carboxylic acids is 1. The van der Waals surface area contributed by atoms with Gasteiger partial charge in [0.25, 0.3) is 5.91 Å². The van der Waals surface area contributed by atoms with E-state index in [1.54, 1.807) is 32.4 Å². The minimum atomic E-state index is -1.06. The predicted octanol–water partition coefficient (Wildman–Crippen LogP) is 0.868. The van der Waals surface area contributed by atoms with Gasteiger partial charge in [-0.25, -0.2) is 4.79 Å². The van der Waals surface area contributed by atoms with Crippen LogP contribution in [0.25, 0.3) is 0 Å². The Bertz CT molecular complexity index is 446. The molecule has 6 nitrogen and oxygen atoms in total. The number of carbonyl (C=O) groups is 2. The molecule has 0 heterocycles. The summed E-state index contributed by atoms with van der Waals surface area (Å²) in [4.78, 5) is 24.0. The summed E-state index contributed by atoms with van der Waals surface area (Å²) >= 11 is 0. The van der Waals surface area contributed by atoms with Crippen LogP contribution < -0.4 is 4.74 Å². The van der Waals surface area contributed by atoms with Gasteiger partial charge in [0.1, 0.15) is 5.75 Å². The number of carboxylic acids is 1. The minimum Gasteiger partial charge on any atom is -0.482 e. The van der Waals surface area contributed by atoms with Crippen LogP contribution in [0.5, 0.6) is 5.75 Å². The number of rotatable bonds is 7. The number of benzene rings is 1. The highest BCUT2D eigenvalue weighted by atomic mass is 16.5. The van der Waals surface area contributed by atoms with Crippen molar-refractivity contribution in [3.8, 4) is 5.75 Å². The van der Waals surface area contributed by atoms with Gasteiger partial charge in [-0.3, -0.25) is 4.79 Å². The van der Waals surface area contributed by atoms with E-state index >= 15 is 0 Å². The smallest absolute Gasteiger partial charge is 0.341 e. The van der Waals surface area contributed by atoms with Crippen molar-refractivity contribution in [1.82, 2.24) is 4.90 Å². The normalized spacial score (nSPS) is 10.0. The molecule has 0 bridgehead atoms. The van der Waals surface area contributed by atoms with Crippen LogP contribution >= 0.6 is 0 Å². The van der Waals surface area contributed by atoms with Crippen molar-refractivity contribution in [2.24, 2.45) is 0 Å². The summed E-state index contributed by atoms with van der Waals surface area (Å²) in [6.45, 7) is 0.504. The molecular weight excluding hydrogens is 250 g/mol. The fraction of sp³-hybridized carbons (Fsp3) is 0.385. The van der Waals surface area contributed by atoms with Crippen LogP contribution in [-0.4, -0.2) is 55.8 Å².